The van der Waals surface area contributed by atoms with Crippen molar-refractivity contribution < 1.29 is 9.53 Å². The Kier molecular flexibility index (Phi) is 6.72. The lowest BCUT2D eigenvalue weighted by molar-refractivity contribution is -0.113. The maximum Gasteiger partial charge on any atom is 0.266 e. The predicted molar refractivity (Wildman–Crippen MR) is 134 cm³/mol. The monoisotopic (exact) mass is 479 g/mol. The number of amides is 1. The fourth-order valence-electron chi connectivity index (χ4n) is 3.50. The van der Waals surface area contributed by atoms with E-state index in [0.29, 0.717) is 38.2 Å². The highest BCUT2D eigenvalue weighted by atomic mass is 35.5. The van der Waals surface area contributed by atoms with Crippen LogP contribution < -0.4 is 15.6 Å². The Morgan fingerprint density at radius 1 is 1.12 bits per heavy atom. The summed E-state index contributed by atoms with van der Waals surface area (Å²) in [5, 5.41) is 4.34. The van der Waals surface area contributed by atoms with Crippen LogP contribution in [0.2, 0.25) is 5.02 Å². The summed E-state index contributed by atoms with van der Waals surface area (Å²) < 4.78 is 6.86. The van der Waals surface area contributed by atoms with Crippen molar-refractivity contribution in [3.63, 3.8) is 0 Å². The number of aryl methyl sites for hydroxylation is 1. The number of thioether (sulfide) groups is 1. The molecule has 1 N–H and O–H groups in total. The third-order valence-corrected chi connectivity index (χ3v) is 6.53. The predicted octanol–water partition coefficient (Wildman–Crippen LogP) is 5.40. The lowest BCUT2D eigenvalue weighted by atomic mass is 10.2. The molecule has 0 saturated carbocycles. The van der Waals surface area contributed by atoms with E-state index in [-0.39, 0.29) is 17.2 Å². The van der Waals surface area contributed by atoms with Gasteiger partial charge in [-0.15, -0.1) is 0 Å². The van der Waals surface area contributed by atoms with Crippen molar-refractivity contribution in [1.29, 1.82) is 0 Å². The van der Waals surface area contributed by atoms with Gasteiger partial charge in [-0.05, 0) is 61.4 Å². The molecule has 8 heteroatoms. The number of carbonyl (C=O) groups is 1. The zero-order valence-corrected chi connectivity index (χ0v) is 20.0. The van der Waals surface area contributed by atoms with Crippen molar-refractivity contribution in [2.45, 2.75) is 19.0 Å². The SMILES string of the molecule is COc1ccc(C)cc1NC(=O)CSc1nc2ccccc2c(=O)n1-c1cccc(Cl)c1C. The molecule has 1 amide bonds. The molecule has 0 aliphatic heterocycles. The molecule has 1 aromatic heterocycles. The number of hydrogen-bond donors (Lipinski definition) is 1. The van der Waals surface area contributed by atoms with Crippen molar-refractivity contribution in [1.82, 2.24) is 9.55 Å². The number of methoxy groups -OCH3 is 1. The van der Waals surface area contributed by atoms with Gasteiger partial charge in [-0.3, -0.25) is 14.2 Å². The first-order valence-electron chi connectivity index (χ1n) is 10.2. The Bertz CT molecular complexity index is 1420. The molecular weight excluding hydrogens is 458 g/mol. The highest BCUT2D eigenvalue weighted by Crippen LogP contribution is 2.28. The summed E-state index contributed by atoms with van der Waals surface area (Å²) in [7, 11) is 1.56. The molecule has 0 spiro atoms. The minimum absolute atomic E-state index is 0.0570. The normalized spacial score (nSPS) is 10.9. The lowest BCUT2D eigenvalue weighted by Crippen LogP contribution is -2.23. The maximum atomic E-state index is 13.4. The van der Waals surface area contributed by atoms with Crippen LogP contribution in [-0.4, -0.2) is 28.3 Å². The number of rotatable bonds is 6. The van der Waals surface area contributed by atoms with E-state index in [2.05, 4.69) is 10.3 Å². The number of benzene rings is 3. The fraction of sp³-hybridized carbons (Fsp3) is 0.160. The Hall–Kier alpha value is -3.29. The molecule has 33 heavy (non-hydrogen) atoms. The third-order valence-electron chi connectivity index (χ3n) is 5.19. The largest absolute Gasteiger partial charge is 0.495 e. The van der Waals surface area contributed by atoms with Crippen LogP contribution >= 0.6 is 23.4 Å². The first-order valence-corrected chi connectivity index (χ1v) is 11.6. The average molecular weight is 480 g/mol. The van der Waals surface area contributed by atoms with Gasteiger partial charge in [0.1, 0.15) is 5.75 Å². The van der Waals surface area contributed by atoms with E-state index in [1.807, 2.05) is 44.2 Å². The number of nitrogens with one attached hydrogen (secondary N) is 1. The van der Waals surface area contributed by atoms with E-state index in [4.69, 9.17) is 16.3 Å². The molecule has 0 aliphatic carbocycles. The average Bonchev–Trinajstić information content (AvgIpc) is 2.80. The molecule has 4 aromatic rings. The van der Waals surface area contributed by atoms with Crippen LogP contribution in [0.5, 0.6) is 5.75 Å². The number of anilines is 1. The van der Waals surface area contributed by atoms with Crippen LogP contribution in [0.3, 0.4) is 0 Å². The molecule has 0 atom stereocenters. The number of hydrogen-bond acceptors (Lipinski definition) is 5. The second-order valence-corrected chi connectivity index (χ2v) is 8.83. The Morgan fingerprint density at radius 2 is 1.91 bits per heavy atom. The molecule has 0 fully saturated rings. The number of nitrogens with zero attached hydrogens (tertiary/aromatic N) is 2. The van der Waals surface area contributed by atoms with E-state index >= 15 is 0 Å². The molecular formula is C25H22ClN3O3S. The summed E-state index contributed by atoms with van der Waals surface area (Å²) in [5.74, 6) is 0.400. The molecule has 3 aromatic carbocycles. The number of ether oxygens (including phenoxy) is 1. The van der Waals surface area contributed by atoms with E-state index in [1.54, 1.807) is 37.4 Å². The molecule has 168 valence electrons. The Morgan fingerprint density at radius 3 is 2.70 bits per heavy atom. The number of aromatic nitrogens is 2. The molecule has 0 bridgehead atoms. The van der Waals surface area contributed by atoms with E-state index in [1.165, 1.54) is 16.3 Å². The minimum atomic E-state index is -0.235. The third kappa shape index (κ3) is 4.74. The summed E-state index contributed by atoms with van der Waals surface area (Å²) in [6.07, 6.45) is 0. The van der Waals surface area contributed by atoms with E-state index < -0.39 is 0 Å². The molecule has 0 radical (unpaired) electrons. The molecule has 0 unspecified atom stereocenters. The van der Waals surface area contributed by atoms with Gasteiger partial charge in [-0.1, -0.05) is 47.6 Å². The van der Waals surface area contributed by atoms with E-state index in [9.17, 15) is 9.59 Å². The van der Waals surface area contributed by atoms with Crippen molar-refractivity contribution in [2.24, 2.45) is 0 Å². The van der Waals surface area contributed by atoms with Crippen LogP contribution in [0.4, 0.5) is 5.69 Å². The number of fused-ring (bicyclic) bond motifs is 1. The molecule has 6 nitrogen and oxygen atoms in total. The first-order chi connectivity index (χ1) is 15.9. The maximum absolute atomic E-state index is 13.4. The van der Waals surface area contributed by atoms with Crippen LogP contribution in [0, 0.1) is 13.8 Å². The summed E-state index contributed by atoms with van der Waals surface area (Å²) >= 11 is 7.51. The zero-order chi connectivity index (χ0) is 23.5. The molecule has 0 saturated heterocycles. The van der Waals surface area contributed by atoms with Gasteiger partial charge < -0.3 is 10.1 Å². The van der Waals surface area contributed by atoms with Gasteiger partial charge in [0.2, 0.25) is 5.91 Å². The molecule has 0 aliphatic rings. The van der Waals surface area contributed by atoms with Crippen molar-refractivity contribution >= 4 is 45.9 Å². The second kappa shape index (κ2) is 9.68. The number of carbonyl (C=O) groups excluding carboxylic acids is 1. The quantitative estimate of drug-likeness (QED) is 0.296. The van der Waals surface area contributed by atoms with E-state index in [0.717, 1.165) is 11.1 Å². The van der Waals surface area contributed by atoms with Gasteiger partial charge >= 0.3 is 0 Å². The van der Waals surface area contributed by atoms with Crippen LogP contribution in [0.1, 0.15) is 11.1 Å². The summed E-state index contributed by atoms with van der Waals surface area (Å²) in [5.41, 5.74) is 3.34. The van der Waals surface area contributed by atoms with Gasteiger partial charge in [0, 0.05) is 5.02 Å². The topological polar surface area (TPSA) is 73.2 Å². The first kappa shape index (κ1) is 22.9. The van der Waals surface area contributed by atoms with Gasteiger partial charge in [0.15, 0.2) is 5.16 Å². The zero-order valence-electron chi connectivity index (χ0n) is 18.4. The summed E-state index contributed by atoms with van der Waals surface area (Å²) in [6, 6.07) is 18.1. The number of halogens is 1. The fourth-order valence-corrected chi connectivity index (χ4v) is 4.47. The van der Waals surface area contributed by atoms with Crippen LogP contribution in [0.25, 0.3) is 16.6 Å². The van der Waals surface area contributed by atoms with Crippen LogP contribution in [-0.2, 0) is 4.79 Å². The van der Waals surface area contributed by atoms with Crippen LogP contribution in [0.15, 0.2) is 70.6 Å². The van der Waals surface area contributed by atoms with Gasteiger partial charge in [-0.2, -0.15) is 0 Å². The smallest absolute Gasteiger partial charge is 0.266 e. The van der Waals surface area contributed by atoms with Crippen molar-refractivity contribution in [2.75, 3.05) is 18.2 Å². The summed E-state index contributed by atoms with van der Waals surface area (Å²) in [6.45, 7) is 3.79. The highest BCUT2D eigenvalue weighted by Gasteiger charge is 2.17. The summed E-state index contributed by atoms with van der Waals surface area (Å²) in [4.78, 5) is 30.9. The molecule has 4 rings (SSSR count). The Labute approximate surface area is 200 Å². The standard InChI is InChI=1S/C25H22ClN3O3S/c1-15-11-12-22(32-3)20(13-15)27-23(30)14-33-25-28-19-9-5-4-7-17(19)24(31)29(25)21-10-6-8-18(26)16(21)2/h4-13H,14H2,1-3H3,(H,27,30). The lowest BCUT2D eigenvalue weighted by Gasteiger charge is -2.16. The second-order valence-electron chi connectivity index (χ2n) is 7.48. The van der Waals surface area contributed by atoms with Gasteiger partial charge in [0.05, 0.1) is 35.1 Å². The van der Waals surface area contributed by atoms with Crippen molar-refractivity contribution in [3.05, 3.63) is 87.2 Å². The number of para-hydroxylation sites is 1. The minimum Gasteiger partial charge on any atom is -0.495 e. The van der Waals surface area contributed by atoms with Crippen molar-refractivity contribution in [3.8, 4) is 11.4 Å². The Balaban J connectivity index is 1.70. The molecule has 1 heterocycles. The van der Waals surface area contributed by atoms with Gasteiger partial charge in [-0.25, -0.2) is 4.98 Å². The highest BCUT2D eigenvalue weighted by molar-refractivity contribution is 7.99. The van der Waals surface area contributed by atoms with Gasteiger partial charge in [0.25, 0.3) is 5.56 Å².